The van der Waals surface area contributed by atoms with Gasteiger partial charge in [-0.05, 0) is 0 Å². The van der Waals surface area contributed by atoms with Crippen LogP contribution < -0.4 is 4.35 Å². The molecule has 0 aromatic heterocycles. The molecule has 3 nitrogen and oxygen atoms in total. The molecule has 1 saturated heterocycles. The van der Waals surface area contributed by atoms with Crippen LogP contribution in [-0.4, -0.2) is 44.8 Å². The number of aryl methyl sites for hydroxylation is 1. The third kappa shape index (κ3) is 4.97. The Morgan fingerprint density at radius 2 is 2.18 bits per heavy atom. The molecule has 2 aromatic rings. The van der Waals surface area contributed by atoms with Crippen LogP contribution in [-0.2, 0) is 11.3 Å². The van der Waals surface area contributed by atoms with Gasteiger partial charge in [0.2, 0.25) is 0 Å². The van der Waals surface area contributed by atoms with Crippen molar-refractivity contribution in [3.63, 3.8) is 0 Å². The van der Waals surface area contributed by atoms with Gasteiger partial charge in [0.05, 0.1) is 0 Å². The number of aliphatic carboxylic acids is 1. The van der Waals surface area contributed by atoms with E-state index in [1.807, 2.05) is 36.1 Å². The van der Waals surface area contributed by atoms with E-state index in [4.69, 9.17) is 16.7 Å². The second-order valence-corrected chi connectivity index (χ2v) is 10.6. The Morgan fingerprint density at radius 1 is 1.39 bits per heavy atom. The molecule has 2 atom stereocenters. The molecular weight excluding hydrogens is 440 g/mol. The molecule has 1 heterocycles. The number of halogens is 2. The summed E-state index contributed by atoms with van der Waals surface area (Å²) in [7, 11) is 0. The maximum atomic E-state index is 15.2. The predicted octanol–water partition coefficient (Wildman–Crippen LogP) is 4.17. The maximum absolute atomic E-state index is 15.2. The van der Waals surface area contributed by atoms with Gasteiger partial charge in [0.25, 0.3) is 0 Å². The van der Waals surface area contributed by atoms with Crippen LogP contribution in [0.15, 0.2) is 36.4 Å². The Labute approximate surface area is 177 Å². The van der Waals surface area contributed by atoms with Crippen LogP contribution in [0.4, 0.5) is 4.39 Å². The number of rotatable bonds is 7. The summed E-state index contributed by atoms with van der Waals surface area (Å²) >= 11 is 5.78. The molecule has 0 aliphatic carbocycles. The number of benzene rings is 2. The molecule has 0 bridgehead atoms. The minimum atomic E-state index is -0.759. The topological polar surface area (TPSA) is 40.5 Å². The van der Waals surface area contributed by atoms with Gasteiger partial charge in [-0.1, -0.05) is 0 Å². The number of nitrogens with zero attached hydrogens (tertiary/aromatic N) is 1. The normalized spacial score (nSPS) is 18.8. The predicted molar refractivity (Wildman–Crippen MR) is 112 cm³/mol. The standard InChI is InChI=1S/C22H25AsClFNO2/c1-3-18(15-7-8-20(24)14(2)11-15)23-19-6-4-5-16(21(19)25)12-26-10-9-17(13-26)22(27)28/h4-8,11,17-18H,3,9-10,12-13H2,1-2H3,(H,27,28)/t17-,18-/m1/s1. The monoisotopic (exact) mass is 464 g/mol. The van der Waals surface area contributed by atoms with Crippen LogP contribution in [0.2, 0.25) is 5.02 Å². The van der Waals surface area contributed by atoms with Gasteiger partial charge in [0.15, 0.2) is 0 Å². The van der Waals surface area contributed by atoms with Crippen LogP contribution in [0, 0.1) is 18.7 Å². The number of carboxylic acid groups (broad SMARTS) is 1. The Hall–Kier alpha value is -1.35. The van der Waals surface area contributed by atoms with Crippen molar-refractivity contribution in [3.8, 4) is 0 Å². The number of carboxylic acids is 1. The van der Waals surface area contributed by atoms with Gasteiger partial charge in [0, 0.05) is 0 Å². The SMILES string of the molecule is CC[C@@H]([As]c1cccc(CN2CC[C@@H](C(=O)O)C2)c1F)c1ccc(Cl)c(C)c1. The molecule has 1 radical (unpaired) electrons. The van der Waals surface area contributed by atoms with Crippen molar-refractivity contribution in [1.82, 2.24) is 4.90 Å². The Kier molecular flexibility index (Phi) is 7.19. The molecule has 0 saturated carbocycles. The van der Waals surface area contributed by atoms with E-state index >= 15 is 4.39 Å². The molecule has 0 amide bonds. The second-order valence-electron chi connectivity index (χ2n) is 7.37. The molecule has 28 heavy (non-hydrogen) atoms. The fourth-order valence-corrected chi connectivity index (χ4v) is 6.41. The average molecular weight is 465 g/mol. The number of hydrogen-bond donors (Lipinski definition) is 1. The molecule has 2 aromatic carbocycles. The van der Waals surface area contributed by atoms with E-state index < -0.39 is 5.97 Å². The second kappa shape index (κ2) is 9.43. The van der Waals surface area contributed by atoms with Crippen molar-refractivity contribution >= 4 is 37.7 Å². The summed E-state index contributed by atoms with van der Waals surface area (Å²) in [6.07, 6.45) is 1.59. The summed E-state index contributed by atoms with van der Waals surface area (Å²) in [5.74, 6) is -1.22. The zero-order valence-corrected chi connectivity index (χ0v) is 18.8. The molecule has 1 aliphatic rings. The fraction of sp³-hybridized carbons (Fsp3) is 0.409. The van der Waals surface area contributed by atoms with Gasteiger partial charge >= 0.3 is 178 Å². The average Bonchev–Trinajstić information content (AvgIpc) is 3.14. The van der Waals surface area contributed by atoms with Crippen molar-refractivity contribution in [1.29, 1.82) is 0 Å². The van der Waals surface area contributed by atoms with E-state index in [1.165, 1.54) is 5.56 Å². The first-order valence-electron chi connectivity index (χ1n) is 9.58. The van der Waals surface area contributed by atoms with E-state index in [0.717, 1.165) is 21.4 Å². The van der Waals surface area contributed by atoms with Gasteiger partial charge < -0.3 is 0 Å². The Balaban J connectivity index is 1.74. The number of hydrogen-bond acceptors (Lipinski definition) is 2. The molecule has 3 rings (SSSR count). The van der Waals surface area contributed by atoms with Crippen molar-refractivity contribution in [2.45, 2.75) is 37.9 Å². The van der Waals surface area contributed by atoms with Gasteiger partial charge in [0.1, 0.15) is 0 Å². The molecule has 0 spiro atoms. The van der Waals surface area contributed by atoms with Gasteiger partial charge in [-0.25, -0.2) is 0 Å². The number of likely N-dealkylation sites (tertiary alicyclic amines) is 1. The first kappa shape index (κ1) is 21.4. The van der Waals surface area contributed by atoms with Gasteiger partial charge in [-0.15, -0.1) is 0 Å². The summed E-state index contributed by atoms with van der Waals surface area (Å²) < 4.78 is 16.3. The van der Waals surface area contributed by atoms with Crippen molar-refractivity contribution in [2.75, 3.05) is 13.1 Å². The summed E-state index contributed by atoms with van der Waals surface area (Å²) in [5.41, 5.74) is 2.94. The van der Waals surface area contributed by atoms with E-state index in [0.29, 0.717) is 36.3 Å². The zero-order valence-electron chi connectivity index (χ0n) is 16.2. The van der Waals surface area contributed by atoms with Crippen LogP contribution >= 0.6 is 11.6 Å². The van der Waals surface area contributed by atoms with Crippen LogP contribution in [0.1, 0.15) is 41.2 Å². The van der Waals surface area contributed by atoms with E-state index in [2.05, 4.69) is 19.1 Å². The van der Waals surface area contributed by atoms with Crippen molar-refractivity contribution in [2.24, 2.45) is 5.92 Å². The summed E-state index contributed by atoms with van der Waals surface area (Å²) in [4.78, 5) is 13.2. The summed E-state index contributed by atoms with van der Waals surface area (Å²) in [6, 6.07) is 11.7. The van der Waals surface area contributed by atoms with E-state index in [9.17, 15) is 4.79 Å². The van der Waals surface area contributed by atoms with Crippen molar-refractivity contribution in [3.05, 3.63) is 63.9 Å². The Bertz CT molecular complexity index is 860. The third-order valence-electron chi connectivity index (χ3n) is 5.32. The van der Waals surface area contributed by atoms with Crippen molar-refractivity contribution < 1.29 is 14.3 Å². The molecule has 1 fully saturated rings. The first-order valence-corrected chi connectivity index (χ1v) is 12.0. The van der Waals surface area contributed by atoms with E-state index in [1.54, 1.807) is 0 Å². The van der Waals surface area contributed by atoms with Crippen LogP contribution in [0.5, 0.6) is 0 Å². The molecular formula is C22H25AsClFNO2. The fourth-order valence-electron chi connectivity index (χ4n) is 3.65. The molecule has 0 unspecified atom stereocenters. The quantitative estimate of drug-likeness (QED) is 0.625. The van der Waals surface area contributed by atoms with Gasteiger partial charge in [-0.3, -0.25) is 0 Å². The number of carbonyl (C=O) groups is 1. The first-order chi connectivity index (χ1) is 13.4. The van der Waals surface area contributed by atoms with Crippen LogP contribution in [0.25, 0.3) is 0 Å². The minimum absolute atomic E-state index is 0.120. The molecule has 1 aliphatic heterocycles. The van der Waals surface area contributed by atoms with Crippen LogP contribution in [0.3, 0.4) is 0 Å². The molecule has 149 valence electrons. The summed E-state index contributed by atoms with van der Waals surface area (Å²) in [6.45, 7) is 5.81. The third-order valence-corrected chi connectivity index (χ3v) is 9.10. The summed E-state index contributed by atoms with van der Waals surface area (Å²) in [5, 5.41) is 9.92. The molecule has 1 N–H and O–H groups in total. The van der Waals surface area contributed by atoms with Gasteiger partial charge in [-0.2, -0.15) is 0 Å². The Morgan fingerprint density at radius 3 is 2.82 bits per heavy atom. The molecule has 6 heteroatoms. The zero-order chi connectivity index (χ0) is 20.3. The van der Waals surface area contributed by atoms with E-state index in [-0.39, 0.29) is 27.5 Å².